The van der Waals surface area contributed by atoms with Crippen molar-refractivity contribution in [3.63, 3.8) is 0 Å². The zero-order chi connectivity index (χ0) is 10.0. The molecule has 14 heavy (non-hydrogen) atoms. The fraction of sp³-hybridized carbons (Fsp3) is 0.417. The summed E-state index contributed by atoms with van der Waals surface area (Å²) in [5.74, 6) is 0.880. The van der Waals surface area contributed by atoms with Gasteiger partial charge < -0.3 is 4.74 Å². The highest BCUT2D eigenvalue weighted by molar-refractivity contribution is 5.41. The van der Waals surface area contributed by atoms with Crippen LogP contribution in [0.25, 0.3) is 0 Å². The molecule has 2 rings (SSSR count). The Morgan fingerprint density at radius 1 is 1.36 bits per heavy atom. The standard InChI is InChI=1S/C12H13NO/c1-2-14-11-5-3-10(4-6-11)12(9-13)7-8-12/h3-6H,2,7-8H2,1H3. The molecule has 1 aromatic rings. The highest BCUT2D eigenvalue weighted by atomic mass is 16.5. The van der Waals surface area contributed by atoms with Gasteiger partial charge in [-0.2, -0.15) is 5.26 Å². The number of ether oxygens (including phenoxy) is 1. The number of rotatable bonds is 3. The molecular formula is C12H13NO. The summed E-state index contributed by atoms with van der Waals surface area (Å²) in [6.07, 6.45) is 2.00. The lowest BCUT2D eigenvalue weighted by molar-refractivity contribution is 0.340. The van der Waals surface area contributed by atoms with Crippen LogP contribution in [0.1, 0.15) is 25.3 Å². The molecule has 0 amide bonds. The molecule has 0 unspecified atom stereocenters. The van der Waals surface area contributed by atoms with Crippen LogP contribution in [0.3, 0.4) is 0 Å². The van der Waals surface area contributed by atoms with E-state index in [0.717, 1.165) is 24.2 Å². The third-order valence-corrected chi connectivity index (χ3v) is 2.68. The van der Waals surface area contributed by atoms with Crippen molar-refractivity contribution in [3.05, 3.63) is 29.8 Å². The second-order valence-corrected chi connectivity index (χ2v) is 3.65. The first-order valence-electron chi connectivity index (χ1n) is 4.95. The lowest BCUT2D eigenvalue weighted by Crippen LogP contribution is -2.02. The maximum atomic E-state index is 9.00. The SMILES string of the molecule is CCOc1ccc(C2(C#N)CC2)cc1. The smallest absolute Gasteiger partial charge is 0.119 e. The maximum Gasteiger partial charge on any atom is 0.119 e. The van der Waals surface area contributed by atoms with E-state index < -0.39 is 0 Å². The molecule has 0 atom stereocenters. The third kappa shape index (κ3) is 1.46. The Hall–Kier alpha value is -1.49. The average Bonchev–Trinajstić information content (AvgIpc) is 3.00. The molecular weight excluding hydrogens is 174 g/mol. The lowest BCUT2D eigenvalue weighted by Gasteiger charge is -2.07. The summed E-state index contributed by atoms with van der Waals surface area (Å²) in [5.41, 5.74) is 0.952. The van der Waals surface area contributed by atoms with Crippen molar-refractivity contribution in [1.82, 2.24) is 0 Å². The van der Waals surface area contributed by atoms with Crippen molar-refractivity contribution in [2.45, 2.75) is 25.2 Å². The Kier molecular flexibility index (Phi) is 2.17. The van der Waals surface area contributed by atoms with Crippen LogP contribution in [-0.4, -0.2) is 6.61 Å². The average molecular weight is 187 g/mol. The molecule has 1 fully saturated rings. The number of benzene rings is 1. The van der Waals surface area contributed by atoms with Gasteiger partial charge in [0.05, 0.1) is 18.1 Å². The molecule has 0 saturated heterocycles. The van der Waals surface area contributed by atoms with E-state index in [0.29, 0.717) is 6.61 Å². The fourth-order valence-electron chi connectivity index (χ4n) is 1.63. The topological polar surface area (TPSA) is 33.0 Å². The Labute approximate surface area is 84.1 Å². The van der Waals surface area contributed by atoms with Crippen molar-refractivity contribution in [1.29, 1.82) is 5.26 Å². The summed E-state index contributed by atoms with van der Waals surface area (Å²) in [7, 11) is 0. The molecule has 1 aromatic carbocycles. The monoisotopic (exact) mass is 187 g/mol. The third-order valence-electron chi connectivity index (χ3n) is 2.68. The fourth-order valence-corrected chi connectivity index (χ4v) is 1.63. The van der Waals surface area contributed by atoms with Gasteiger partial charge in [0.2, 0.25) is 0 Å². The van der Waals surface area contributed by atoms with Crippen LogP contribution in [0.15, 0.2) is 24.3 Å². The van der Waals surface area contributed by atoms with Crippen molar-refractivity contribution in [2.24, 2.45) is 0 Å². The largest absolute Gasteiger partial charge is 0.494 e. The molecule has 0 heterocycles. The molecule has 1 aliphatic rings. The van der Waals surface area contributed by atoms with E-state index in [1.54, 1.807) is 0 Å². The van der Waals surface area contributed by atoms with Gasteiger partial charge in [0.25, 0.3) is 0 Å². The van der Waals surface area contributed by atoms with Gasteiger partial charge in [-0.15, -0.1) is 0 Å². The van der Waals surface area contributed by atoms with Gasteiger partial charge in [-0.05, 0) is 37.5 Å². The van der Waals surface area contributed by atoms with E-state index >= 15 is 0 Å². The Morgan fingerprint density at radius 2 is 2.00 bits per heavy atom. The minimum Gasteiger partial charge on any atom is -0.494 e. The van der Waals surface area contributed by atoms with E-state index in [1.165, 1.54) is 0 Å². The second-order valence-electron chi connectivity index (χ2n) is 3.65. The predicted octanol–water partition coefficient (Wildman–Crippen LogP) is 2.64. The van der Waals surface area contributed by atoms with E-state index in [2.05, 4.69) is 6.07 Å². The first kappa shape index (κ1) is 9.08. The number of nitriles is 1. The van der Waals surface area contributed by atoms with Gasteiger partial charge >= 0.3 is 0 Å². The summed E-state index contributed by atoms with van der Waals surface area (Å²) in [6, 6.07) is 10.3. The van der Waals surface area contributed by atoms with Gasteiger partial charge in [-0.25, -0.2) is 0 Å². The molecule has 0 bridgehead atoms. The zero-order valence-electron chi connectivity index (χ0n) is 8.29. The van der Waals surface area contributed by atoms with Gasteiger partial charge in [-0.1, -0.05) is 12.1 Å². The summed E-state index contributed by atoms with van der Waals surface area (Å²) in [5, 5.41) is 9.00. The van der Waals surface area contributed by atoms with Crippen molar-refractivity contribution < 1.29 is 4.74 Å². The molecule has 0 radical (unpaired) electrons. The predicted molar refractivity (Wildman–Crippen MR) is 54.1 cm³/mol. The minimum absolute atomic E-state index is 0.176. The van der Waals surface area contributed by atoms with E-state index in [4.69, 9.17) is 10.00 Å². The van der Waals surface area contributed by atoms with E-state index in [9.17, 15) is 0 Å². The Bertz CT molecular complexity index is 357. The number of nitrogens with zero attached hydrogens (tertiary/aromatic N) is 1. The van der Waals surface area contributed by atoms with E-state index in [-0.39, 0.29) is 5.41 Å². The highest BCUT2D eigenvalue weighted by Gasteiger charge is 2.44. The van der Waals surface area contributed by atoms with Gasteiger partial charge in [0, 0.05) is 0 Å². The van der Waals surface area contributed by atoms with Crippen molar-refractivity contribution in [3.8, 4) is 11.8 Å². The highest BCUT2D eigenvalue weighted by Crippen LogP contribution is 2.47. The molecule has 1 saturated carbocycles. The Morgan fingerprint density at radius 3 is 2.43 bits per heavy atom. The maximum absolute atomic E-state index is 9.00. The van der Waals surface area contributed by atoms with Crippen molar-refractivity contribution >= 4 is 0 Å². The molecule has 2 nitrogen and oxygen atoms in total. The van der Waals surface area contributed by atoms with Crippen molar-refractivity contribution in [2.75, 3.05) is 6.61 Å². The summed E-state index contributed by atoms with van der Waals surface area (Å²) < 4.78 is 5.34. The quantitative estimate of drug-likeness (QED) is 0.728. The normalized spacial score (nSPS) is 17.1. The molecule has 72 valence electrons. The van der Waals surface area contributed by atoms with Gasteiger partial charge in [0.15, 0.2) is 0 Å². The van der Waals surface area contributed by atoms with Crippen LogP contribution in [-0.2, 0) is 5.41 Å². The van der Waals surface area contributed by atoms with Crippen LogP contribution in [0.5, 0.6) is 5.75 Å². The number of hydrogen-bond donors (Lipinski definition) is 0. The molecule has 0 aromatic heterocycles. The van der Waals surface area contributed by atoms with Gasteiger partial charge in [0.1, 0.15) is 5.75 Å². The van der Waals surface area contributed by atoms with Gasteiger partial charge in [-0.3, -0.25) is 0 Å². The lowest BCUT2D eigenvalue weighted by atomic mass is 9.98. The molecule has 0 spiro atoms. The minimum atomic E-state index is -0.176. The van der Waals surface area contributed by atoms with Crippen LogP contribution in [0, 0.1) is 11.3 Å². The summed E-state index contributed by atoms with van der Waals surface area (Å²) in [6.45, 7) is 2.65. The van der Waals surface area contributed by atoms with Crippen LogP contribution in [0.2, 0.25) is 0 Å². The van der Waals surface area contributed by atoms with Crippen LogP contribution in [0.4, 0.5) is 0 Å². The summed E-state index contributed by atoms with van der Waals surface area (Å²) >= 11 is 0. The van der Waals surface area contributed by atoms with Crippen LogP contribution < -0.4 is 4.74 Å². The number of hydrogen-bond acceptors (Lipinski definition) is 2. The molecule has 0 aliphatic heterocycles. The molecule has 0 N–H and O–H groups in total. The van der Waals surface area contributed by atoms with Crippen LogP contribution >= 0.6 is 0 Å². The zero-order valence-corrected chi connectivity index (χ0v) is 8.29. The first-order chi connectivity index (χ1) is 6.80. The van der Waals surface area contributed by atoms with E-state index in [1.807, 2.05) is 31.2 Å². The molecule has 2 heteroatoms. The molecule has 1 aliphatic carbocycles. The first-order valence-corrected chi connectivity index (χ1v) is 4.95. The second kappa shape index (κ2) is 3.34. The Balaban J connectivity index is 2.19. The summed E-state index contributed by atoms with van der Waals surface area (Å²) in [4.78, 5) is 0.